The Bertz CT molecular complexity index is 652. The molecule has 25 heavy (non-hydrogen) atoms. The Labute approximate surface area is 148 Å². The SMILES string of the molecule is O=C(NCC1CCOCC1)c1ccc(COCc2ccccc2)cn1. The van der Waals surface area contributed by atoms with E-state index in [2.05, 4.69) is 10.3 Å². The van der Waals surface area contributed by atoms with Crippen molar-refractivity contribution in [2.45, 2.75) is 26.1 Å². The van der Waals surface area contributed by atoms with Crippen molar-refractivity contribution in [3.05, 3.63) is 65.5 Å². The molecule has 0 spiro atoms. The summed E-state index contributed by atoms with van der Waals surface area (Å²) in [5.74, 6) is 0.381. The highest BCUT2D eigenvalue weighted by atomic mass is 16.5. The van der Waals surface area contributed by atoms with Gasteiger partial charge in [0.05, 0.1) is 13.2 Å². The lowest BCUT2D eigenvalue weighted by Crippen LogP contribution is -2.32. The van der Waals surface area contributed by atoms with Crippen molar-refractivity contribution in [3.8, 4) is 0 Å². The predicted octanol–water partition coefficient (Wildman–Crippen LogP) is 2.95. The normalized spacial score (nSPS) is 15.0. The number of hydrogen-bond donors (Lipinski definition) is 1. The molecule has 2 heterocycles. The number of hydrogen-bond acceptors (Lipinski definition) is 4. The van der Waals surface area contributed by atoms with Gasteiger partial charge < -0.3 is 14.8 Å². The van der Waals surface area contributed by atoms with E-state index in [1.165, 1.54) is 0 Å². The van der Waals surface area contributed by atoms with Gasteiger partial charge in [0, 0.05) is 26.0 Å². The molecule has 0 saturated carbocycles. The largest absolute Gasteiger partial charge is 0.381 e. The molecule has 1 N–H and O–H groups in total. The minimum absolute atomic E-state index is 0.122. The van der Waals surface area contributed by atoms with Gasteiger partial charge in [-0.05, 0) is 36.0 Å². The second-order valence-corrected chi connectivity index (χ2v) is 6.30. The van der Waals surface area contributed by atoms with E-state index >= 15 is 0 Å². The Morgan fingerprint density at radius 2 is 1.84 bits per heavy atom. The summed E-state index contributed by atoms with van der Waals surface area (Å²) in [6.07, 6.45) is 3.71. The van der Waals surface area contributed by atoms with E-state index in [-0.39, 0.29) is 5.91 Å². The van der Waals surface area contributed by atoms with Crippen LogP contribution in [0, 0.1) is 5.92 Å². The van der Waals surface area contributed by atoms with Crippen LogP contribution < -0.4 is 5.32 Å². The molecule has 1 aromatic heterocycles. The Morgan fingerprint density at radius 3 is 2.56 bits per heavy atom. The molecule has 0 unspecified atom stereocenters. The van der Waals surface area contributed by atoms with Gasteiger partial charge in [0.15, 0.2) is 0 Å². The molecule has 1 aliphatic heterocycles. The maximum absolute atomic E-state index is 12.2. The molecule has 0 bridgehead atoms. The highest BCUT2D eigenvalue weighted by Crippen LogP contribution is 2.13. The third-order valence-electron chi connectivity index (χ3n) is 4.33. The van der Waals surface area contributed by atoms with E-state index < -0.39 is 0 Å². The highest BCUT2D eigenvalue weighted by Gasteiger charge is 2.15. The van der Waals surface area contributed by atoms with Crippen molar-refractivity contribution in [2.24, 2.45) is 5.92 Å². The van der Waals surface area contributed by atoms with Gasteiger partial charge in [-0.1, -0.05) is 36.4 Å². The first-order chi connectivity index (χ1) is 12.3. The first-order valence-corrected chi connectivity index (χ1v) is 8.74. The summed E-state index contributed by atoms with van der Waals surface area (Å²) in [6.45, 7) is 3.30. The molecule has 1 amide bonds. The van der Waals surface area contributed by atoms with Gasteiger partial charge in [0.2, 0.25) is 0 Å². The molecule has 132 valence electrons. The summed E-state index contributed by atoms with van der Waals surface area (Å²) in [5.41, 5.74) is 2.54. The fourth-order valence-corrected chi connectivity index (χ4v) is 2.78. The number of nitrogens with zero attached hydrogens (tertiary/aromatic N) is 1. The van der Waals surface area contributed by atoms with Crippen molar-refractivity contribution in [1.82, 2.24) is 10.3 Å². The molecular weight excluding hydrogens is 316 g/mol. The number of rotatable bonds is 7. The van der Waals surface area contributed by atoms with Crippen LogP contribution in [0.2, 0.25) is 0 Å². The smallest absolute Gasteiger partial charge is 0.269 e. The average Bonchev–Trinajstić information content (AvgIpc) is 2.68. The summed E-state index contributed by atoms with van der Waals surface area (Å²) in [4.78, 5) is 16.4. The molecule has 0 atom stereocenters. The van der Waals surface area contributed by atoms with Crippen LogP contribution in [0.25, 0.3) is 0 Å². The van der Waals surface area contributed by atoms with Gasteiger partial charge in [0.25, 0.3) is 5.91 Å². The van der Waals surface area contributed by atoms with Gasteiger partial charge in [-0.25, -0.2) is 0 Å². The van der Waals surface area contributed by atoms with Gasteiger partial charge in [-0.15, -0.1) is 0 Å². The van der Waals surface area contributed by atoms with Crippen LogP contribution in [0.3, 0.4) is 0 Å². The van der Waals surface area contributed by atoms with Crippen molar-refractivity contribution >= 4 is 5.91 Å². The third-order valence-corrected chi connectivity index (χ3v) is 4.33. The molecular formula is C20H24N2O3. The summed E-state index contributed by atoms with van der Waals surface area (Å²) < 4.78 is 11.0. The quantitative estimate of drug-likeness (QED) is 0.842. The minimum atomic E-state index is -0.122. The zero-order valence-corrected chi connectivity index (χ0v) is 14.3. The first kappa shape index (κ1) is 17.6. The van der Waals surface area contributed by atoms with E-state index in [9.17, 15) is 4.79 Å². The highest BCUT2D eigenvalue weighted by molar-refractivity contribution is 5.92. The predicted molar refractivity (Wildman–Crippen MR) is 95.0 cm³/mol. The lowest BCUT2D eigenvalue weighted by molar-refractivity contribution is 0.0642. The van der Waals surface area contributed by atoms with Crippen molar-refractivity contribution < 1.29 is 14.3 Å². The van der Waals surface area contributed by atoms with E-state index in [1.54, 1.807) is 12.3 Å². The lowest BCUT2D eigenvalue weighted by atomic mass is 10.0. The maximum Gasteiger partial charge on any atom is 0.269 e. The molecule has 3 rings (SSSR count). The van der Waals surface area contributed by atoms with E-state index in [0.29, 0.717) is 31.4 Å². The number of aromatic nitrogens is 1. The fraction of sp³-hybridized carbons (Fsp3) is 0.400. The van der Waals surface area contributed by atoms with E-state index in [0.717, 1.165) is 37.2 Å². The molecule has 5 nitrogen and oxygen atoms in total. The number of amides is 1. The zero-order valence-electron chi connectivity index (χ0n) is 14.3. The first-order valence-electron chi connectivity index (χ1n) is 8.74. The number of carbonyl (C=O) groups excluding carboxylic acids is 1. The molecule has 2 aromatic rings. The van der Waals surface area contributed by atoms with Gasteiger partial charge in [-0.3, -0.25) is 9.78 Å². The minimum Gasteiger partial charge on any atom is -0.381 e. The van der Waals surface area contributed by atoms with Crippen molar-refractivity contribution in [3.63, 3.8) is 0 Å². The Hall–Kier alpha value is -2.24. The molecule has 0 aliphatic carbocycles. The van der Waals surface area contributed by atoms with E-state index in [1.807, 2.05) is 36.4 Å². The number of benzene rings is 1. The van der Waals surface area contributed by atoms with Gasteiger partial charge in [0.1, 0.15) is 5.69 Å². The molecule has 1 aliphatic rings. The van der Waals surface area contributed by atoms with Crippen molar-refractivity contribution in [2.75, 3.05) is 19.8 Å². The number of pyridine rings is 1. The monoisotopic (exact) mass is 340 g/mol. The van der Waals surface area contributed by atoms with Crippen LogP contribution >= 0.6 is 0 Å². The molecule has 5 heteroatoms. The summed E-state index contributed by atoms with van der Waals surface area (Å²) in [6, 6.07) is 13.7. The molecule has 0 radical (unpaired) electrons. The molecule has 1 fully saturated rings. The Balaban J connectivity index is 1.42. The zero-order chi connectivity index (χ0) is 17.3. The number of ether oxygens (including phenoxy) is 2. The summed E-state index contributed by atoms with van der Waals surface area (Å²) >= 11 is 0. The van der Waals surface area contributed by atoms with Crippen molar-refractivity contribution in [1.29, 1.82) is 0 Å². The van der Waals surface area contributed by atoms with Crippen LogP contribution in [-0.2, 0) is 22.7 Å². The standard InChI is InChI=1S/C20H24N2O3/c23-20(22-12-16-8-10-24-11-9-16)19-7-6-18(13-21-19)15-25-14-17-4-2-1-3-5-17/h1-7,13,16H,8-12,14-15H2,(H,22,23). The average molecular weight is 340 g/mol. The molecule has 1 saturated heterocycles. The second kappa shape index (κ2) is 9.30. The number of carbonyl (C=O) groups is 1. The van der Waals surface area contributed by atoms with Crippen LogP contribution in [0.15, 0.2) is 48.7 Å². The second-order valence-electron chi connectivity index (χ2n) is 6.30. The Morgan fingerprint density at radius 1 is 1.08 bits per heavy atom. The van der Waals surface area contributed by atoms with Crippen LogP contribution in [0.5, 0.6) is 0 Å². The summed E-state index contributed by atoms with van der Waals surface area (Å²) in [5, 5.41) is 2.96. The third kappa shape index (κ3) is 5.66. The van der Waals surface area contributed by atoms with Gasteiger partial charge in [-0.2, -0.15) is 0 Å². The topological polar surface area (TPSA) is 60.5 Å². The van der Waals surface area contributed by atoms with Crippen LogP contribution in [0.4, 0.5) is 0 Å². The maximum atomic E-state index is 12.2. The van der Waals surface area contributed by atoms with Gasteiger partial charge >= 0.3 is 0 Å². The van der Waals surface area contributed by atoms with Crippen LogP contribution in [0.1, 0.15) is 34.5 Å². The van der Waals surface area contributed by atoms with E-state index in [4.69, 9.17) is 9.47 Å². The Kier molecular flexibility index (Phi) is 6.54. The lowest BCUT2D eigenvalue weighted by Gasteiger charge is -2.22. The molecule has 1 aromatic carbocycles. The fourth-order valence-electron chi connectivity index (χ4n) is 2.78. The summed E-state index contributed by atoms with van der Waals surface area (Å²) in [7, 11) is 0. The van der Waals surface area contributed by atoms with Crippen LogP contribution in [-0.4, -0.2) is 30.6 Å². The number of nitrogens with one attached hydrogen (secondary N) is 1.